The molecule has 0 radical (unpaired) electrons. The molecule has 0 aliphatic heterocycles. The molecule has 37 heavy (non-hydrogen) atoms. The van der Waals surface area contributed by atoms with Crippen molar-refractivity contribution < 1.29 is 19.4 Å². The molecular weight excluding hydrogens is 488 g/mol. The summed E-state index contributed by atoms with van der Waals surface area (Å²) in [4.78, 5) is 26.1. The number of nitrogens with zero attached hydrogens (tertiary/aromatic N) is 2. The highest BCUT2D eigenvalue weighted by molar-refractivity contribution is 7.12. The number of rotatable bonds is 7. The molecule has 0 unspecified atom stereocenters. The predicted molar refractivity (Wildman–Crippen MR) is 143 cm³/mol. The van der Waals surface area contributed by atoms with E-state index in [4.69, 9.17) is 4.74 Å². The van der Waals surface area contributed by atoms with Crippen LogP contribution in [0.2, 0.25) is 0 Å². The first-order chi connectivity index (χ1) is 18.0. The van der Waals surface area contributed by atoms with Crippen LogP contribution in [0, 0.1) is 0 Å². The zero-order valence-corrected chi connectivity index (χ0v) is 21.3. The number of aromatic hydroxyl groups is 1. The number of phenols is 1. The van der Waals surface area contributed by atoms with E-state index in [0.29, 0.717) is 28.4 Å². The van der Waals surface area contributed by atoms with Gasteiger partial charge in [0.15, 0.2) is 0 Å². The monoisotopic (exact) mass is 516 g/mol. The molecule has 190 valence electrons. The van der Waals surface area contributed by atoms with Crippen LogP contribution in [-0.4, -0.2) is 33.9 Å². The van der Waals surface area contributed by atoms with Gasteiger partial charge in [-0.25, -0.2) is 4.79 Å². The highest BCUT2D eigenvalue weighted by Crippen LogP contribution is 2.38. The predicted octanol–water partition coefficient (Wildman–Crippen LogP) is 5.99. The minimum Gasteiger partial charge on any atom is -0.507 e. The number of amides is 2. The van der Waals surface area contributed by atoms with Crippen molar-refractivity contribution in [1.82, 2.24) is 15.1 Å². The second kappa shape index (κ2) is 10.9. The lowest BCUT2D eigenvalue weighted by atomic mass is 10.0. The Morgan fingerprint density at radius 3 is 2.57 bits per heavy atom. The van der Waals surface area contributed by atoms with Crippen LogP contribution in [0.25, 0.3) is 11.3 Å². The summed E-state index contributed by atoms with van der Waals surface area (Å²) < 4.78 is 6.62. The molecule has 9 heteroatoms. The molecule has 3 N–H and O–H groups in total. The van der Waals surface area contributed by atoms with E-state index in [0.717, 1.165) is 42.7 Å². The molecule has 2 heterocycles. The van der Waals surface area contributed by atoms with Crippen molar-refractivity contribution in [3.63, 3.8) is 0 Å². The number of hydrogen-bond donors (Lipinski definition) is 3. The molecule has 8 nitrogen and oxygen atoms in total. The lowest BCUT2D eigenvalue weighted by Gasteiger charge is -2.12. The Hall–Kier alpha value is -4.11. The first kappa shape index (κ1) is 24.6. The van der Waals surface area contributed by atoms with Gasteiger partial charge in [-0.05, 0) is 60.2 Å². The molecule has 0 atom stereocenters. The molecular formula is C28H28N4O4S. The van der Waals surface area contributed by atoms with Crippen molar-refractivity contribution >= 4 is 29.0 Å². The summed E-state index contributed by atoms with van der Waals surface area (Å²) >= 11 is 1.35. The number of ether oxygens (including phenoxy) is 1. The molecule has 2 amide bonds. The van der Waals surface area contributed by atoms with Crippen LogP contribution in [0.1, 0.15) is 52.5 Å². The number of thiophene rings is 1. The van der Waals surface area contributed by atoms with E-state index in [1.54, 1.807) is 25.3 Å². The number of hydrogen-bond acceptors (Lipinski definition) is 6. The van der Waals surface area contributed by atoms with Gasteiger partial charge in [0.2, 0.25) is 0 Å². The van der Waals surface area contributed by atoms with Crippen LogP contribution in [0.4, 0.5) is 10.5 Å². The number of carbonyl (C=O) groups excluding carboxylic acids is 2. The smallest absolute Gasteiger partial charge is 0.342 e. The minimum atomic E-state index is -0.316. The molecule has 1 fully saturated rings. The van der Waals surface area contributed by atoms with Gasteiger partial charge in [-0.3, -0.25) is 4.79 Å². The van der Waals surface area contributed by atoms with E-state index in [9.17, 15) is 14.7 Å². The number of carbonyl (C=O) groups is 2. The van der Waals surface area contributed by atoms with Crippen molar-refractivity contribution in [1.29, 1.82) is 0 Å². The fourth-order valence-corrected chi connectivity index (χ4v) is 5.24. The molecule has 1 aliphatic carbocycles. The maximum absolute atomic E-state index is 13.2. The summed E-state index contributed by atoms with van der Waals surface area (Å²) in [5.41, 5.74) is 3.27. The number of methoxy groups -OCH3 is 1. The second-order valence-corrected chi connectivity index (χ2v) is 9.97. The highest BCUT2D eigenvalue weighted by Gasteiger charge is 2.26. The van der Waals surface area contributed by atoms with Gasteiger partial charge in [-0.15, -0.1) is 11.3 Å². The van der Waals surface area contributed by atoms with Gasteiger partial charge in [-0.2, -0.15) is 9.78 Å². The highest BCUT2D eigenvalue weighted by atomic mass is 32.1. The van der Waals surface area contributed by atoms with Gasteiger partial charge in [0.05, 0.1) is 23.4 Å². The van der Waals surface area contributed by atoms with E-state index in [1.807, 2.05) is 41.8 Å². The Balaban J connectivity index is 1.37. The minimum absolute atomic E-state index is 0.0229. The van der Waals surface area contributed by atoms with E-state index in [1.165, 1.54) is 22.1 Å². The maximum Gasteiger partial charge on any atom is 0.342 e. The summed E-state index contributed by atoms with van der Waals surface area (Å²) in [6.45, 7) is 0.353. The second-order valence-electron chi connectivity index (χ2n) is 9.02. The SMILES string of the molecule is COc1ccc(CNC(=O)n2nc(-c3ccc(NC(=O)c4cccs4)cc3O)cc2C2CCCC2)cc1. The Labute approximate surface area is 218 Å². The van der Waals surface area contributed by atoms with E-state index in [2.05, 4.69) is 15.7 Å². The molecule has 4 aromatic rings. The van der Waals surface area contributed by atoms with Crippen LogP contribution in [-0.2, 0) is 6.54 Å². The van der Waals surface area contributed by atoms with Gasteiger partial charge in [-0.1, -0.05) is 31.0 Å². The van der Waals surface area contributed by atoms with Crippen molar-refractivity contribution in [2.45, 2.75) is 38.1 Å². The first-order valence-corrected chi connectivity index (χ1v) is 13.1. The Morgan fingerprint density at radius 1 is 1.11 bits per heavy atom. The molecule has 5 rings (SSSR count). The van der Waals surface area contributed by atoms with Crippen LogP contribution < -0.4 is 15.4 Å². The third-order valence-corrected chi connectivity index (χ3v) is 7.45. The third-order valence-electron chi connectivity index (χ3n) is 6.58. The quantitative estimate of drug-likeness (QED) is 0.280. The summed E-state index contributed by atoms with van der Waals surface area (Å²) in [5.74, 6) is 0.737. The fourth-order valence-electron chi connectivity index (χ4n) is 4.62. The lowest BCUT2D eigenvalue weighted by molar-refractivity contribution is 0.103. The number of anilines is 1. The van der Waals surface area contributed by atoms with Crippen molar-refractivity contribution in [3.05, 3.63) is 82.2 Å². The average Bonchev–Trinajstić information content (AvgIpc) is 3.69. The van der Waals surface area contributed by atoms with Crippen LogP contribution >= 0.6 is 11.3 Å². The summed E-state index contributed by atoms with van der Waals surface area (Å²) in [5, 5.41) is 23.0. The van der Waals surface area contributed by atoms with E-state index in [-0.39, 0.29) is 23.6 Å². The third kappa shape index (κ3) is 5.51. The molecule has 2 aromatic heterocycles. The van der Waals surface area contributed by atoms with Gasteiger partial charge in [0, 0.05) is 29.8 Å². The molecule has 2 aromatic carbocycles. The van der Waals surface area contributed by atoms with Gasteiger partial charge >= 0.3 is 6.03 Å². The lowest BCUT2D eigenvalue weighted by Crippen LogP contribution is -2.30. The van der Waals surface area contributed by atoms with Crippen molar-refractivity contribution in [2.24, 2.45) is 0 Å². The summed E-state index contributed by atoms with van der Waals surface area (Å²) in [7, 11) is 1.61. The molecule has 0 spiro atoms. The number of benzene rings is 2. The zero-order valence-electron chi connectivity index (χ0n) is 20.4. The van der Waals surface area contributed by atoms with Crippen LogP contribution in [0.15, 0.2) is 66.0 Å². The molecule has 1 saturated carbocycles. The topological polar surface area (TPSA) is 105 Å². The fraction of sp³-hybridized carbons (Fsp3) is 0.250. The van der Waals surface area contributed by atoms with Crippen molar-refractivity contribution in [2.75, 3.05) is 12.4 Å². The van der Waals surface area contributed by atoms with E-state index >= 15 is 0 Å². The van der Waals surface area contributed by atoms with Crippen LogP contribution in [0.3, 0.4) is 0 Å². The summed E-state index contributed by atoms with van der Waals surface area (Å²) in [6, 6.07) is 17.6. The maximum atomic E-state index is 13.2. The molecule has 1 aliphatic rings. The average molecular weight is 517 g/mol. The van der Waals surface area contributed by atoms with E-state index < -0.39 is 0 Å². The number of nitrogens with one attached hydrogen (secondary N) is 2. The van der Waals surface area contributed by atoms with Gasteiger partial charge in [0.25, 0.3) is 5.91 Å². The molecule has 0 bridgehead atoms. The standard InChI is InChI=1S/C28H28N4O4S/c1-36-21-11-8-18(9-12-21)17-29-28(35)32-24(19-5-2-3-6-19)16-23(31-32)22-13-10-20(15-25(22)33)30-27(34)26-7-4-14-37-26/h4,7-16,19,33H,2-3,5-6,17H2,1H3,(H,29,35)(H,30,34). The zero-order chi connectivity index (χ0) is 25.8. The van der Waals surface area contributed by atoms with Gasteiger partial charge < -0.3 is 20.5 Å². The summed E-state index contributed by atoms with van der Waals surface area (Å²) in [6.07, 6.45) is 4.22. The largest absolute Gasteiger partial charge is 0.507 e. The Bertz CT molecular complexity index is 1390. The molecule has 0 saturated heterocycles. The number of aromatic nitrogens is 2. The Kier molecular flexibility index (Phi) is 7.23. The van der Waals surface area contributed by atoms with Gasteiger partial charge in [0.1, 0.15) is 11.5 Å². The first-order valence-electron chi connectivity index (χ1n) is 12.2. The normalized spacial score (nSPS) is 13.4. The van der Waals surface area contributed by atoms with Crippen LogP contribution in [0.5, 0.6) is 11.5 Å². The Morgan fingerprint density at radius 2 is 1.89 bits per heavy atom. The number of phenolic OH excluding ortho intramolecular Hbond substituents is 1. The van der Waals surface area contributed by atoms with Crippen molar-refractivity contribution in [3.8, 4) is 22.8 Å².